The number of Topliss-reactive ketones (excluding diaryl/α,β-unsaturated/α-hetero) is 1. The molecule has 1 aliphatic rings. The standard InChI is InChI=1S/C20H22N2O2/c1-14(23)21-19-18(24)13-17(15-9-5-3-6-10-15)22(2)20(19)16-11-7-4-8-12-16/h3-12,17,19-20H,13H2,1-2H3,(H,21,23). The van der Waals surface area contributed by atoms with Crippen molar-refractivity contribution in [3.63, 3.8) is 0 Å². The van der Waals surface area contributed by atoms with Crippen molar-refractivity contribution < 1.29 is 9.59 Å². The van der Waals surface area contributed by atoms with Crippen LogP contribution in [0.25, 0.3) is 0 Å². The molecule has 1 fully saturated rings. The Morgan fingerprint density at radius 2 is 1.54 bits per heavy atom. The summed E-state index contributed by atoms with van der Waals surface area (Å²) in [5, 5.41) is 2.85. The first-order chi connectivity index (χ1) is 11.6. The summed E-state index contributed by atoms with van der Waals surface area (Å²) in [5.41, 5.74) is 2.16. The van der Waals surface area contributed by atoms with Crippen LogP contribution in [0.1, 0.15) is 36.6 Å². The molecule has 3 rings (SSSR count). The summed E-state index contributed by atoms with van der Waals surface area (Å²) >= 11 is 0. The third-order valence-corrected chi connectivity index (χ3v) is 4.67. The quantitative estimate of drug-likeness (QED) is 0.945. The number of hydrogen-bond donors (Lipinski definition) is 1. The topological polar surface area (TPSA) is 49.4 Å². The van der Waals surface area contributed by atoms with Gasteiger partial charge in [-0.05, 0) is 18.2 Å². The monoisotopic (exact) mass is 322 g/mol. The van der Waals surface area contributed by atoms with E-state index in [1.807, 2.05) is 55.6 Å². The number of benzene rings is 2. The summed E-state index contributed by atoms with van der Waals surface area (Å²) in [6, 6.07) is 19.3. The lowest BCUT2D eigenvalue weighted by Gasteiger charge is -2.44. The van der Waals surface area contributed by atoms with Gasteiger partial charge in [0, 0.05) is 19.4 Å². The van der Waals surface area contributed by atoms with Crippen LogP contribution in [0.2, 0.25) is 0 Å². The molecule has 1 amide bonds. The molecule has 0 spiro atoms. The second kappa shape index (κ2) is 6.97. The Hall–Kier alpha value is -2.46. The zero-order chi connectivity index (χ0) is 17.1. The lowest BCUT2D eigenvalue weighted by atomic mass is 9.83. The maximum atomic E-state index is 12.8. The van der Waals surface area contributed by atoms with Crippen molar-refractivity contribution in [1.82, 2.24) is 10.2 Å². The molecule has 0 aromatic heterocycles. The number of likely N-dealkylation sites (N-methyl/N-ethyl adjacent to an activating group) is 1. The van der Waals surface area contributed by atoms with Crippen LogP contribution < -0.4 is 5.32 Å². The molecule has 3 atom stereocenters. The minimum atomic E-state index is -0.519. The molecule has 2 aromatic carbocycles. The number of carbonyl (C=O) groups excluding carboxylic acids is 2. The maximum absolute atomic E-state index is 12.8. The first-order valence-electron chi connectivity index (χ1n) is 8.19. The second-order valence-corrected chi connectivity index (χ2v) is 6.30. The van der Waals surface area contributed by atoms with Gasteiger partial charge >= 0.3 is 0 Å². The normalized spacial score (nSPS) is 24.6. The third-order valence-electron chi connectivity index (χ3n) is 4.67. The molecular weight excluding hydrogens is 300 g/mol. The predicted molar refractivity (Wildman–Crippen MR) is 93.4 cm³/mol. The molecule has 0 radical (unpaired) electrons. The van der Waals surface area contributed by atoms with Gasteiger partial charge in [-0.25, -0.2) is 0 Å². The molecule has 24 heavy (non-hydrogen) atoms. The second-order valence-electron chi connectivity index (χ2n) is 6.30. The van der Waals surface area contributed by atoms with E-state index in [9.17, 15) is 9.59 Å². The molecule has 1 saturated heterocycles. The zero-order valence-electron chi connectivity index (χ0n) is 14.0. The first-order valence-corrected chi connectivity index (χ1v) is 8.19. The molecule has 1 heterocycles. The van der Waals surface area contributed by atoms with Gasteiger partial charge in [-0.15, -0.1) is 0 Å². The lowest BCUT2D eigenvalue weighted by Crippen LogP contribution is -2.54. The summed E-state index contributed by atoms with van der Waals surface area (Å²) in [6.07, 6.45) is 0.398. The van der Waals surface area contributed by atoms with Gasteiger partial charge < -0.3 is 5.32 Å². The van der Waals surface area contributed by atoms with Crippen molar-refractivity contribution in [2.75, 3.05) is 7.05 Å². The van der Waals surface area contributed by atoms with Gasteiger partial charge in [0.2, 0.25) is 5.91 Å². The van der Waals surface area contributed by atoms with Crippen molar-refractivity contribution >= 4 is 11.7 Å². The van der Waals surface area contributed by atoms with Crippen molar-refractivity contribution in [3.8, 4) is 0 Å². The molecule has 124 valence electrons. The summed E-state index contributed by atoms with van der Waals surface area (Å²) in [4.78, 5) is 26.6. The molecule has 4 heteroatoms. The van der Waals surface area contributed by atoms with Gasteiger partial charge in [-0.3, -0.25) is 14.5 Å². The Kier molecular flexibility index (Phi) is 4.76. The van der Waals surface area contributed by atoms with Gasteiger partial charge in [0.25, 0.3) is 0 Å². The largest absolute Gasteiger partial charge is 0.345 e. The molecule has 1 N–H and O–H groups in total. The van der Waals surface area contributed by atoms with Gasteiger partial charge in [0.05, 0.1) is 6.04 Å². The highest BCUT2D eigenvalue weighted by molar-refractivity contribution is 5.90. The number of hydrogen-bond acceptors (Lipinski definition) is 3. The minimum Gasteiger partial charge on any atom is -0.345 e. The number of likely N-dealkylation sites (tertiary alicyclic amines) is 1. The molecular formula is C20H22N2O2. The molecule has 0 aliphatic carbocycles. The van der Waals surface area contributed by atoms with Crippen LogP contribution in [0.4, 0.5) is 0 Å². The van der Waals surface area contributed by atoms with Crippen LogP contribution in [-0.4, -0.2) is 29.7 Å². The van der Waals surface area contributed by atoms with E-state index < -0.39 is 6.04 Å². The molecule has 2 aromatic rings. The molecule has 0 saturated carbocycles. The van der Waals surface area contributed by atoms with E-state index >= 15 is 0 Å². The predicted octanol–water partition coefficient (Wildman–Crippen LogP) is 2.88. The van der Waals surface area contributed by atoms with Crippen LogP contribution in [0.5, 0.6) is 0 Å². The number of carbonyl (C=O) groups is 2. The van der Waals surface area contributed by atoms with Crippen LogP contribution in [0.3, 0.4) is 0 Å². The fourth-order valence-electron chi connectivity index (χ4n) is 3.55. The average molecular weight is 322 g/mol. The number of nitrogens with one attached hydrogen (secondary N) is 1. The fourth-order valence-corrected chi connectivity index (χ4v) is 3.55. The smallest absolute Gasteiger partial charge is 0.217 e. The van der Waals surface area contributed by atoms with Gasteiger partial charge in [-0.1, -0.05) is 60.7 Å². The van der Waals surface area contributed by atoms with Crippen LogP contribution in [0.15, 0.2) is 60.7 Å². The minimum absolute atomic E-state index is 0.00825. The van der Waals surface area contributed by atoms with E-state index in [4.69, 9.17) is 0 Å². The summed E-state index contributed by atoms with van der Waals surface area (Å²) < 4.78 is 0. The van der Waals surface area contributed by atoms with Crippen molar-refractivity contribution in [1.29, 1.82) is 0 Å². The summed E-state index contributed by atoms with van der Waals surface area (Å²) in [7, 11) is 2.02. The third kappa shape index (κ3) is 3.24. The Balaban J connectivity index is 2.00. The Morgan fingerprint density at radius 3 is 2.08 bits per heavy atom. The molecule has 3 unspecified atom stereocenters. The van der Waals surface area contributed by atoms with Crippen LogP contribution in [-0.2, 0) is 9.59 Å². The van der Waals surface area contributed by atoms with Crippen LogP contribution in [0, 0.1) is 0 Å². The van der Waals surface area contributed by atoms with Gasteiger partial charge in [0.15, 0.2) is 5.78 Å². The van der Waals surface area contributed by atoms with Crippen molar-refractivity contribution in [2.24, 2.45) is 0 Å². The maximum Gasteiger partial charge on any atom is 0.217 e. The Bertz CT molecular complexity index is 715. The first kappa shape index (κ1) is 16.4. The van der Waals surface area contributed by atoms with E-state index in [1.54, 1.807) is 0 Å². The Morgan fingerprint density at radius 1 is 1.00 bits per heavy atom. The Labute approximate surface area is 142 Å². The molecule has 1 aliphatic heterocycles. The number of piperidine rings is 1. The van der Waals surface area contributed by atoms with E-state index in [0.29, 0.717) is 6.42 Å². The number of ketones is 1. The van der Waals surface area contributed by atoms with E-state index in [-0.39, 0.29) is 23.8 Å². The fraction of sp³-hybridized carbons (Fsp3) is 0.300. The summed E-state index contributed by atoms with van der Waals surface area (Å²) in [5.74, 6) is -0.105. The summed E-state index contributed by atoms with van der Waals surface area (Å²) in [6.45, 7) is 1.46. The number of amides is 1. The lowest BCUT2D eigenvalue weighted by molar-refractivity contribution is -0.133. The van der Waals surface area contributed by atoms with E-state index in [0.717, 1.165) is 11.1 Å². The average Bonchev–Trinajstić information content (AvgIpc) is 2.59. The van der Waals surface area contributed by atoms with Crippen LogP contribution >= 0.6 is 0 Å². The number of nitrogens with zero attached hydrogens (tertiary/aromatic N) is 1. The SMILES string of the molecule is CC(=O)NC1C(=O)CC(c2ccccc2)N(C)C1c1ccccc1. The highest BCUT2D eigenvalue weighted by Crippen LogP contribution is 2.38. The van der Waals surface area contributed by atoms with E-state index in [2.05, 4.69) is 22.3 Å². The zero-order valence-corrected chi connectivity index (χ0v) is 14.0. The number of rotatable bonds is 3. The molecule has 4 nitrogen and oxygen atoms in total. The molecule has 0 bridgehead atoms. The van der Waals surface area contributed by atoms with Crippen molar-refractivity contribution in [3.05, 3.63) is 71.8 Å². The highest BCUT2D eigenvalue weighted by Gasteiger charge is 2.42. The van der Waals surface area contributed by atoms with Gasteiger partial charge in [-0.2, -0.15) is 0 Å². The highest BCUT2D eigenvalue weighted by atomic mass is 16.2. The van der Waals surface area contributed by atoms with Gasteiger partial charge in [0.1, 0.15) is 6.04 Å². The van der Waals surface area contributed by atoms with Crippen molar-refractivity contribution in [2.45, 2.75) is 31.5 Å². The van der Waals surface area contributed by atoms with E-state index in [1.165, 1.54) is 6.92 Å².